The minimum Gasteiger partial charge on any atom is -0.462 e. The van der Waals surface area contributed by atoms with Crippen molar-refractivity contribution in [1.29, 1.82) is 0 Å². The van der Waals surface area contributed by atoms with E-state index in [0.717, 1.165) is 109 Å². The fourth-order valence-electron chi connectivity index (χ4n) is 9.70. The van der Waals surface area contributed by atoms with Crippen LogP contribution in [0.1, 0.15) is 342 Å². The summed E-state index contributed by atoms with van der Waals surface area (Å²) in [6, 6.07) is 0. The third kappa shape index (κ3) is 63.6. The topological polar surface area (TPSA) is 78.9 Å². The first kappa shape index (κ1) is 73.8. The summed E-state index contributed by atoms with van der Waals surface area (Å²) in [5, 5.41) is 0. The lowest BCUT2D eigenvalue weighted by atomic mass is 10.0. The molecule has 0 fully saturated rings. The molecule has 0 N–H and O–H groups in total. The van der Waals surface area contributed by atoms with Crippen molar-refractivity contribution in [3.63, 3.8) is 0 Å². The Hall–Kier alpha value is -3.15. The van der Waals surface area contributed by atoms with E-state index in [9.17, 15) is 14.4 Å². The predicted molar refractivity (Wildman–Crippen MR) is 335 cm³/mol. The van der Waals surface area contributed by atoms with Crippen molar-refractivity contribution >= 4 is 17.9 Å². The Morgan fingerprint density at radius 2 is 0.506 bits per heavy atom. The Morgan fingerprint density at radius 3 is 0.792 bits per heavy atom. The van der Waals surface area contributed by atoms with Gasteiger partial charge in [-0.05, 0) is 89.9 Å². The summed E-state index contributed by atoms with van der Waals surface area (Å²) in [6.07, 6.45) is 85.6. The van der Waals surface area contributed by atoms with E-state index in [0.29, 0.717) is 19.3 Å². The van der Waals surface area contributed by atoms with E-state index in [-0.39, 0.29) is 31.1 Å². The highest BCUT2D eigenvalue weighted by Crippen LogP contribution is 2.17. The molecule has 0 saturated carbocycles. The van der Waals surface area contributed by atoms with Crippen LogP contribution in [-0.2, 0) is 28.6 Å². The van der Waals surface area contributed by atoms with Crippen molar-refractivity contribution in [3.05, 3.63) is 72.9 Å². The maximum absolute atomic E-state index is 12.8. The molecule has 0 radical (unpaired) electrons. The standard InChI is InChI=1S/C71H126O6/c1-4-7-10-13-15-17-19-21-23-25-27-28-29-30-31-32-33-34-35-36-37-38-39-40-41-42-44-45-47-49-51-53-55-58-61-64-70(73)76-67-68(66-75-69(72)63-60-57-12-9-6-3)77-71(74)65-62-59-56-54-52-50-48-46-43-26-24-22-20-18-16-14-11-8-5-2/h8,11,16,18-19,21-22,24-25,27,43,46,68H,4-7,9-10,12-15,17,20,23,26,28-42,44-45,47-67H2,1-3H3/b11-8-,18-16-,21-19-,24-22-,27-25-,46-43-. The number of hydrogen-bond acceptors (Lipinski definition) is 6. The zero-order chi connectivity index (χ0) is 55.7. The zero-order valence-electron chi connectivity index (χ0n) is 51.2. The Kier molecular flexibility index (Phi) is 62.7. The summed E-state index contributed by atoms with van der Waals surface area (Å²) >= 11 is 0. The fourth-order valence-corrected chi connectivity index (χ4v) is 9.70. The molecule has 1 atom stereocenters. The van der Waals surface area contributed by atoms with Gasteiger partial charge in [-0.15, -0.1) is 0 Å². The molecule has 446 valence electrons. The Balaban J connectivity index is 3.91. The van der Waals surface area contributed by atoms with Gasteiger partial charge >= 0.3 is 17.9 Å². The van der Waals surface area contributed by atoms with Crippen LogP contribution < -0.4 is 0 Å². The highest BCUT2D eigenvalue weighted by Gasteiger charge is 2.19. The smallest absolute Gasteiger partial charge is 0.306 e. The number of carbonyl (C=O) groups is 3. The number of unbranched alkanes of at least 4 members (excludes halogenated alkanes) is 38. The number of allylic oxidation sites excluding steroid dienone is 12. The second-order valence-corrected chi connectivity index (χ2v) is 22.4. The minimum atomic E-state index is -0.778. The van der Waals surface area contributed by atoms with Crippen molar-refractivity contribution in [2.45, 2.75) is 348 Å². The first-order valence-corrected chi connectivity index (χ1v) is 33.4. The molecular formula is C71H126O6. The van der Waals surface area contributed by atoms with Gasteiger partial charge in [0.2, 0.25) is 0 Å². The van der Waals surface area contributed by atoms with Gasteiger partial charge in [-0.1, -0.05) is 306 Å². The number of rotatable bonds is 61. The molecule has 0 aromatic heterocycles. The van der Waals surface area contributed by atoms with Crippen molar-refractivity contribution < 1.29 is 28.6 Å². The average Bonchev–Trinajstić information content (AvgIpc) is 3.43. The average molecular weight is 1080 g/mol. The summed E-state index contributed by atoms with van der Waals surface area (Å²) in [5.41, 5.74) is 0. The molecule has 1 unspecified atom stereocenters. The molecule has 6 nitrogen and oxygen atoms in total. The SMILES string of the molecule is CC/C=C\C/C=C\C/C=C\C/C=C\CCCCCCCCC(=O)OC(COC(=O)CCCCCCC)COC(=O)CCCCCCCCCCCCCCCCCCCCCCCCC/C=C\C/C=C\CCCCCCC. The molecule has 0 amide bonds. The summed E-state index contributed by atoms with van der Waals surface area (Å²) in [4.78, 5) is 37.9. The van der Waals surface area contributed by atoms with Gasteiger partial charge in [0, 0.05) is 19.3 Å². The van der Waals surface area contributed by atoms with Crippen LogP contribution in [0.15, 0.2) is 72.9 Å². The molecule has 6 heteroatoms. The van der Waals surface area contributed by atoms with Crippen LogP contribution in [0.5, 0.6) is 0 Å². The molecule has 0 saturated heterocycles. The largest absolute Gasteiger partial charge is 0.462 e. The summed E-state index contributed by atoms with van der Waals surface area (Å²) < 4.78 is 16.8. The molecule has 0 aromatic carbocycles. The Labute approximate surface area is 478 Å². The van der Waals surface area contributed by atoms with Crippen molar-refractivity contribution in [2.75, 3.05) is 13.2 Å². The van der Waals surface area contributed by atoms with Gasteiger partial charge in [0.05, 0.1) is 0 Å². The number of hydrogen-bond donors (Lipinski definition) is 0. The minimum absolute atomic E-state index is 0.0782. The first-order chi connectivity index (χ1) is 38.0. The predicted octanol–water partition coefficient (Wildman–Crippen LogP) is 22.9. The normalized spacial score (nSPS) is 12.5. The molecule has 0 aliphatic heterocycles. The lowest BCUT2D eigenvalue weighted by molar-refractivity contribution is -0.167. The molecule has 0 spiro atoms. The molecule has 0 aromatic rings. The maximum Gasteiger partial charge on any atom is 0.306 e. The second-order valence-electron chi connectivity index (χ2n) is 22.4. The van der Waals surface area contributed by atoms with Crippen LogP contribution in [0, 0.1) is 0 Å². The van der Waals surface area contributed by atoms with Crippen LogP contribution in [0.2, 0.25) is 0 Å². The van der Waals surface area contributed by atoms with Crippen LogP contribution in [0.4, 0.5) is 0 Å². The summed E-state index contributed by atoms with van der Waals surface area (Å²) in [5.74, 6) is -0.893. The van der Waals surface area contributed by atoms with E-state index in [1.54, 1.807) is 0 Å². The van der Waals surface area contributed by atoms with E-state index in [1.807, 2.05) is 0 Å². The van der Waals surface area contributed by atoms with Gasteiger partial charge in [0.1, 0.15) is 13.2 Å². The highest BCUT2D eigenvalue weighted by molar-refractivity contribution is 5.71. The second kappa shape index (κ2) is 65.4. The maximum atomic E-state index is 12.8. The third-order valence-electron chi connectivity index (χ3n) is 14.7. The van der Waals surface area contributed by atoms with Gasteiger partial charge < -0.3 is 14.2 Å². The van der Waals surface area contributed by atoms with Gasteiger partial charge in [0.15, 0.2) is 6.10 Å². The molecule has 0 aliphatic carbocycles. The number of esters is 3. The Bertz CT molecular complexity index is 1420. The van der Waals surface area contributed by atoms with E-state index in [2.05, 4.69) is 93.7 Å². The number of ether oxygens (including phenoxy) is 3. The van der Waals surface area contributed by atoms with Crippen LogP contribution in [-0.4, -0.2) is 37.2 Å². The highest BCUT2D eigenvalue weighted by atomic mass is 16.6. The van der Waals surface area contributed by atoms with E-state index in [4.69, 9.17) is 14.2 Å². The lowest BCUT2D eigenvalue weighted by Gasteiger charge is -2.18. The Morgan fingerprint density at radius 1 is 0.273 bits per heavy atom. The van der Waals surface area contributed by atoms with Crippen molar-refractivity contribution in [2.24, 2.45) is 0 Å². The van der Waals surface area contributed by atoms with E-state index in [1.165, 1.54) is 193 Å². The van der Waals surface area contributed by atoms with E-state index >= 15 is 0 Å². The van der Waals surface area contributed by atoms with Crippen LogP contribution in [0.25, 0.3) is 0 Å². The van der Waals surface area contributed by atoms with Gasteiger partial charge in [0.25, 0.3) is 0 Å². The summed E-state index contributed by atoms with van der Waals surface area (Å²) in [7, 11) is 0. The monoisotopic (exact) mass is 1070 g/mol. The number of carbonyl (C=O) groups excluding carboxylic acids is 3. The van der Waals surface area contributed by atoms with E-state index < -0.39 is 6.10 Å². The third-order valence-corrected chi connectivity index (χ3v) is 14.7. The molecule has 0 bridgehead atoms. The fraction of sp³-hybridized carbons (Fsp3) is 0.789. The first-order valence-electron chi connectivity index (χ1n) is 33.4. The van der Waals surface area contributed by atoms with Crippen molar-refractivity contribution in [1.82, 2.24) is 0 Å². The molecule has 0 aliphatic rings. The lowest BCUT2D eigenvalue weighted by Crippen LogP contribution is -2.30. The quantitative estimate of drug-likeness (QED) is 0.0261. The summed E-state index contributed by atoms with van der Waals surface area (Å²) in [6.45, 7) is 6.45. The van der Waals surface area contributed by atoms with Crippen LogP contribution >= 0.6 is 0 Å². The van der Waals surface area contributed by atoms with Crippen molar-refractivity contribution in [3.8, 4) is 0 Å². The van der Waals surface area contributed by atoms with Gasteiger partial charge in [-0.3, -0.25) is 14.4 Å². The van der Waals surface area contributed by atoms with Crippen LogP contribution in [0.3, 0.4) is 0 Å². The molecule has 0 rings (SSSR count). The van der Waals surface area contributed by atoms with Gasteiger partial charge in [-0.25, -0.2) is 0 Å². The van der Waals surface area contributed by atoms with Gasteiger partial charge in [-0.2, -0.15) is 0 Å². The molecule has 0 heterocycles. The zero-order valence-corrected chi connectivity index (χ0v) is 51.2. The molecular weight excluding hydrogens is 949 g/mol. The molecule has 77 heavy (non-hydrogen) atoms.